The first-order valence-electron chi connectivity index (χ1n) is 6.16. The number of rotatable bonds is 6. The Morgan fingerprint density at radius 2 is 2.00 bits per heavy atom. The fraction of sp³-hybridized carbons (Fsp3) is 0.533. The molecule has 0 amide bonds. The van der Waals surface area contributed by atoms with E-state index in [9.17, 15) is 4.79 Å². The SMILES string of the molecule is COc1ccc(C=O)cc1COCCC(C)(C)C. The summed E-state index contributed by atoms with van der Waals surface area (Å²) in [4.78, 5) is 10.7. The number of ether oxygens (including phenoxy) is 2. The Morgan fingerprint density at radius 3 is 2.56 bits per heavy atom. The molecule has 0 unspecified atom stereocenters. The molecule has 0 aliphatic carbocycles. The third-order valence-corrected chi connectivity index (χ3v) is 2.69. The van der Waals surface area contributed by atoms with Crippen LogP contribution < -0.4 is 4.74 Å². The van der Waals surface area contributed by atoms with E-state index in [1.807, 2.05) is 6.07 Å². The Balaban J connectivity index is 2.57. The van der Waals surface area contributed by atoms with Crippen LogP contribution in [0, 0.1) is 5.41 Å². The summed E-state index contributed by atoms with van der Waals surface area (Å²) in [6.45, 7) is 7.73. The predicted molar refractivity (Wildman–Crippen MR) is 72.1 cm³/mol. The van der Waals surface area contributed by atoms with Gasteiger partial charge in [0.1, 0.15) is 12.0 Å². The van der Waals surface area contributed by atoms with Gasteiger partial charge in [-0.2, -0.15) is 0 Å². The van der Waals surface area contributed by atoms with Gasteiger partial charge < -0.3 is 9.47 Å². The summed E-state index contributed by atoms with van der Waals surface area (Å²) in [7, 11) is 1.62. The van der Waals surface area contributed by atoms with E-state index in [0.29, 0.717) is 18.8 Å². The molecule has 0 spiro atoms. The fourth-order valence-electron chi connectivity index (χ4n) is 1.55. The first kappa shape index (κ1) is 14.7. The maximum Gasteiger partial charge on any atom is 0.150 e. The summed E-state index contributed by atoms with van der Waals surface area (Å²) in [5, 5.41) is 0. The minimum absolute atomic E-state index is 0.273. The molecular weight excluding hydrogens is 228 g/mol. The number of methoxy groups -OCH3 is 1. The summed E-state index contributed by atoms with van der Waals surface area (Å²) in [6.07, 6.45) is 1.83. The van der Waals surface area contributed by atoms with Gasteiger partial charge >= 0.3 is 0 Å². The monoisotopic (exact) mass is 250 g/mol. The highest BCUT2D eigenvalue weighted by Crippen LogP contribution is 2.22. The predicted octanol–water partition coefficient (Wildman–Crippen LogP) is 3.46. The molecule has 1 rings (SSSR count). The molecule has 0 atom stereocenters. The van der Waals surface area contributed by atoms with E-state index in [4.69, 9.17) is 9.47 Å². The summed E-state index contributed by atoms with van der Waals surface area (Å²) < 4.78 is 10.9. The minimum atomic E-state index is 0.273. The summed E-state index contributed by atoms with van der Waals surface area (Å²) in [5.74, 6) is 0.761. The molecular formula is C15H22O3. The van der Waals surface area contributed by atoms with Crippen molar-refractivity contribution in [2.75, 3.05) is 13.7 Å². The normalized spacial score (nSPS) is 11.3. The molecule has 0 aliphatic heterocycles. The average Bonchev–Trinajstić information content (AvgIpc) is 2.33. The highest BCUT2D eigenvalue weighted by atomic mass is 16.5. The topological polar surface area (TPSA) is 35.5 Å². The molecule has 3 heteroatoms. The molecule has 0 bridgehead atoms. The zero-order chi connectivity index (χ0) is 13.6. The van der Waals surface area contributed by atoms with E-state index in [2.05, 4.69) is 20.8 Å². The van der Waals surface area contributed by atoms with Crippen molar-refractivity contribution in [3.05, 3.63) is 29.3 Å². The van der Waals surface area contributed by atoms with Gasteiger partial charge in [0.05, 0.1) is 13.7 Å². The molecule has 1 aromatic rings. The van der Waals surface area contributed by atoms with E-state index < -0.39 is 0 Å². The third kappa shape index (κ3) is 4.88. The Hall–Kier alpha value is -1.35. The van der Waals surface area contributed by atoms with Gasteiger partial charge in [0.2, 0.25) is 0 Å². The first-order chi connectivity index (χ1) is 8.46. The maximum atomic E-state index is 10.7. The molecule has 0 fully saturated rings. The van der Waals surface area contributed by atoms with Gasteiger partial charge in [-0.25, -0.2) is 0 Å². The molecule has 3 nitrogen and oxygen atoms in total. The lowest BCUT2D eigenvalue weighted by Gasteiger charge is -2.18. The molecule has 100 valence electrons. The summed E-state index contributed by atoms with van der Waals surface area (Å²) >= 11 is 0. The van der Waals surface area contributed by atoms with Crippen LogP contribution >= 0.6 is 0 Å². The lowest BCUT2D eigenvalue weighted by atomic mass is 9.93. The Bertz CT molecular complexity index is 391. The lowest BCUT2D eigenvalue weighted by Crippen LogP contribution is -2.09. The van der Waals surface area contributed by atoms with Crippen LogP contribution in [0.1, 0.15) is 43.1 Å². The lowest BCUT2D eigenvalue weighted by molar-refractivity contribution is 0.0947. The van der Waals surface area contributed by atoms with Crippen molar-refractivity contribution in [3.63, 3.8) is 0 Å². The Kier molecular flexibility index (Phi) is 5.35. The highest BCUT2D eigenvalue weighted by Gasteiger charge is 2.10. The van der Waals surface area contributed by atoms with Crippen LogP contribution in [-0.2, 0) is 11.3 Å². The fourth-order valence-corrected chi connectivity index (χ4v) is 1.55. The summed E-state index contributed by atoms with van der Waals surface area (Å²) in [6, 6.07) is 5.35. The molecule has 0 heterocycles. The Morgan fingerprint density at radius 1 is 1.28 bits per heavy atom. The molecule has 0 radical (unpaired) electrons. The van der Waals surface area contributed by atoms with Crippen molar-refractivity contribution in [3.8, 4) is 5.75 Å². The smallest absolute Gasteiger partial charge is 0.150 e. The van der Waals surface area contributed by atoms with Crippen molar-refractivity contribution >= 4 is 6.29 Å². The second-order valence-corrected chi connectivity index (χ2v) is 5.55. The molecule has 0 saturated heterocycles. The summed E-state index contributed by atoms with van der Waals surface area (Å²) in [5.41, 5.74) is 1.83. The van der Waals surface area contributed by atoms with Gasteiger partial charge in [-0.3, -0.25) is 4.79 Å². The quantitative estimate of drug-likeness (QED) is 0.573. The Labute approximate surface area is 109 Å². The third-order valence-electron chi connectivity index (χ3n) is 2.69. The molecule has 1 aromatic carbocycles. The van der Waals surface area contributed by atoms with Gasteiger partial charge in [0.25, 0.3) is 0 Å². The second kappa shape index (κ2) is 6.55. The highest BCUT2D eigenvalue weighted by molar-refractivity contribution is 5.75. The molecule has 0 saturated carbocycles. The zero-order valence-electron chi connectivity index (χ0n) is 11.7. The van der Waals surface area contributed by atoms with Crippen LogP contribution in [0.4, 0.5) is 0 Å². The second-order valence-electron chi connectivity index (χ2n) is 5.55. The zero-order valence-corrected chi connectivity index (χ0v) is 11.7. The van der Waals surface area contributed by atoms with Crippen LogP contribution in [0.25, 0.3) is 0 Å². The number of carbonyl (C=O) groups excluding carboxylic acids is 1. The minimum Gasteiger partial charge on any atom is -0.496 e. The van der Waals surface area contributed by atoms with Crippen molar-refractivity contribution in [1.29, 1.82) is 0 Å². The number of aldehydes is 1. The van der Waals surface area contributed by atoms with E-state index in [-0.39, 0.29) is 5.41 Å². The van der Waals surface area contributed by atoms with Crippen LogP contribution in [0.15, 0.2) is 18.2 Å². The standard InChI is InChI=1S/C15H22O3/c1-15(2,3)7-8-18-11-13-9-12(10-16)5-6-14(13)17-4/h5-6,9-10H,7-8,11H2,1-4H3. The molecule has 0 N–H and O–H groups in total. The molecule has 0 aromatic heterocycles. The van der Waals surface area contributed by atoms with Crippen LogP contribution in [0.2, 0.25) is 0 Å². The number of carbonyl (C=O) groups is 1. The maximum absolute atomic E-state index is 10.7. The van der Waals surface area contributed by atoms with Crippen molar-refractivity contribution < 1.29 is 14.3 Å². The van der Waals surface area contributed by atoms with E-state index in [1.165, 1.54) is 0 Å². The van der Waals surface area contributed by atoms with Gasteiger partial charge in [0.15, 0.2) is 0 Å². The van der Waals surface area contributed by atoms with Crippen molar-refractivity contribution in [2.24, 2.45) is 5.41 Å². The van der Waals surface area contributed by atoms with Crippen LogP contribution in [0.3, 0.4) is 0 Å². The van der Waals surface area contributed by atoms with E-state index in [1.54, 1.807) is 19.2 Å². The molecule has 0 aliphatic rings. The van der Waals surface area contributed by atoms with Crippen LogP contribution in [-0.4, -0.2) is 20.0 Å². The van der Waals surface area contributed by atoms with Crippen molar-refractivity contribution in [1.82, 2.24) is 0 Å². The van der Waals surface area contributed by atoms with Gasteiger partial charge in [-0.1, -0.05) is 20.8 Å². The largest absolute Gasteiger partial charge is 0.496 e. The molecule has 18 heavy (non-hydrogen) atoms. The van der Waals surface area contributed by atoms with Crippen molar-refractivity contribution in [2.45, 2.75) is 33.8 Å². The number of hydrogen-bond donors (Lipinski definition) is 0. The van der Waals surface area contributed by atoms with Gasteiger partial charge in [-0.15, -0.1) is 0 Å². The number of benzene rings is 1. The number of hydrogen-bond acceptors (Lipinski definition) is 3. The van der Waals surface area contributed by atoms with Crippen LogP contribution in [0.5, 0.6) is 5.75 Å². The first-order valence-corrected chi connectivity index (χ1v) is 6.16. The van der Waals surface area contributed by atoms with Gasteiger partial charge in [-0.05, 0) is 30.0 Å². The van der Waals surface area contributed by atoms with Gasteiger partial charge in [0, 0.05) is 17.7 Å². The average molecular weight is 250 g/mol. The van der Waals surface area contributed by atoms with E-state index in [0.717, 1.165) is 24.0 Å². The van der Waals surface area contributed by atoms with E-state index >= 15 is 0 Å².